The number of aliphatic carboxylic acids is 1. The van der Waals surface area contributed by atoms with Gasteiger partial charge < -0.3 is 15.3 Å². The maximum atomic E-state index is 13.4. The summed E-state index contributed by atoms with van der Waals surface area (Å²) in [6.07, 6.45) is 3.40. The average molecular weight is 296 g/mol. The lowest BCUT2D eigenvalue weighted by Gasteiger charge is -2.23. The average Bonchev–Trinajstić information content (AvgIpc) is 2.44. The van der Waals surface area contributed by atoms with E-state index in [4.69, 9.17) is 5.11 Å². The number of nitrogens with one attached hydrogen (secondary N) is 1. The van der Waals surface area contributed by atoms with Gasteiger partial charge in [0.2, 0.25) is 0 Å². The molecule has 118 valence electrons. The van der Waals surface area contributed by atoms with Gasteiger partial charge in [-0.15, -0.1) is 0 Å². The summed E-state index contributed by atoms with van der Waals surface area (Å²) in [5.41, 5.74) is 1.72. The number of carbonyl (C=O) groups is 1. The monoisotopic (exact) mass is 296 g/mol. The van der Waals surface area contributed by atoms with Crippen molar-refractivity contribution in [1.29, 1.82) is 0 Å². The molecule has 0 fully saturated rings. The van der Waals surface area contributed by atoms with E-state index in [0.717, 1.165) is 37.1 Å². The van der Waals surface area contributed by atoms with Crippen molar-refractivity contribution in [3.05, 3.63) is 29.6 Å². The minimum atomic E-state index is -0.913. The zero-order valence-electron chi connectivity index (χ0n) is 13.0. The molecule has 0 radical (unpaired) electrons. The van der Waals surface area contributed by atoms with E-state index < -0.39 is 12.0 Å². The van der Waals surface area contributed by atoms with Gasteiger partial charge in [0.15, 0.2) is 0 Å². The smallest absolute Gasteiger partial charge is 0.320 e. The molecule has 0 saturated heterocycles. The maximum Gasteiger partial charge on any atom is 0.320 e. The molecule has 0 spiro atoms. The zero-order valence-corrected chi connectivity index (χ0v) is 13.0. The highest BCUT2D eigenvalue weighted by Crippen LogP contribution is 2.21. The van der Waals surface area contributed by atoms with Gasteiger partial charge in [-0.3, -0.25) is 4.79 Å². The third-order valence-electron chi connectivity index (χ3n) is 3.52. The molecule has 4 nitrogen and oxygen atoms in total. The van der Waals surface area contributed by atoms with Gasteiger partial charge in [-0.25, -0.2) is 4.39 Å². The highest BCUT2D eigenvalue weighted by molar-refractivity contribution is 5.72. The minimum Gasteiger partial charge on any atom is -0.480 e. The maximum absolute atomic E-state index is 13.4. The van der Waals surface area contributed by atoms with Gasteiger partial charge in [0, 0.05) is 25.8 Å². The van der Waals surface area contributed by atoms with Crippen LogP contribution in [0.3, 0.4) is 0 Å². The van der Waals surface area contributed by atoms with Crippen molar-refractivity contribution in [3.63, 3.8) is 0 Å². The number of benzene rings is 1. The van der Waals surface area contributed by atoms with Gasteiger partial charge in [-0.2, -0.15) is 0 Å². The summed E-state index contributed by atoms with van der Waals surface area (Å²) in [4.78, 5) is 12.9. The van der Waals surface area contributed by atoms with Crippen molar-refractivity contribution in [3.8, 4) is 0 Å². The first-order valence-electron chi connectivity index (χ1n) is 7.41. The third-order valence-corrected chi connectivity index (χ3v) is 3.52. The highest BCUT2D eigenvalue weighted by atomic mass is 19.1. The molecule has 0 aliphatic heterocycles. The van der Waals surface area contributed by atoms with Gasteiger partial charge in [-0.1, -0.05) is 19.8 Å². The number of carboxylic acid groups (broad SMARTS) is 1. The van der Waals surface area contributed by atoms with Crippen LogP contribution in [-0.4, -0.2) is 30.7 Å². The van der Waals surface area contributed by atoms with Gasteiger partial charge in [0.05, 0.1) is 0 Å². The number of anilines is 1. The first kappa shape index (κ1) is 17.4. The fraction of sp³-hybridized carbons (Fsp3) is 0.562. The first-order chi connectivity index (χ1) is 9.95. The van der Waals surface area contributed by atoms with Crippen molar-refractivity contribution >= 4 is 11.7 Å². The van der Waals surface area contributed by atoms with Crippen molar-refractivity contribution in [2.45, 2.75) is 45.7 Å². The number of carboxylic acids is 1. The number of hydrogen-bond acceptors (Lipinski definition) is 3. The SMILES string of the molecule is CCCCCN(C)c1ccc(F)cc1CNC(C)C(=O)O. The Balaban J connectivity index is 2.76. The summed E-state index contributed by atoms with van der Waals surface area (Å²) in [5, 5.41) is 11.8. The van der Waals surface area contributed by atoms with E-state index >= 15 is 0 Å². The molecular formula is C16H25FN2O2. The Bertz CT molecular complexity index is 466. The lowest BCUT2D eigenvalue weighted by Crippen LogP contribution is -2.33. The van der Waals surface area contributed by atoms with Gasteiger partial charge >= 0.3 is 5.97 Å². The zero-order chi connectivity index (χ0) is 15.8. The molecule has 5 heteroatoms. The molecule has 1 atom stereocenters. The van der Waals surface area contributed by atoms with E-state index in [-0.39, 0.29) is 5.82 Å². The molecule has 0 aromatic heterocycles. The summed E-state index contributed by atoms with van der Waals surface area (Å²) >= 11 is 0. The summed E-state index contributed by atoms with van der Waals surface area (Å²) < 4.78 is 13.4. The lowest BCUT2D eigenvalue weighted by atomic mass is 10.1. The summed E-state index contributed by atoms with van der Waals surface area (Å²) in [6.45, 7) is 4.96. The standard InChI is InChI=1S/C16H25FN2O2/c1-4-5-6-9-19(3)15-8-7-14(17)10-13(15)11-18-12(2)16(20)21/h7-8,10,12,18H,4-6,9,11H2,1-3H3,(H,20,21). The Labute approximate surface area is 126 Å². The molecule has 1 aromatic rings. The molecule has 0 amide bonds. The van der Waals surface area contributed by atoms with Crippen LogP contribution in [0.25, 0.3) is 0 Å². The number of hydrogen-bond donors (Lipinski definition) is 2. The second-order valence-corrected chi connectivity index (χ2v) is 5.34. The molecule has 21 heavy (non-hydrogen) atoms. The molecule has 0 heterocycles. The number of halogens is 1. The van der Waals surface area contributed by atoms with E-state index in [9.17, 15) is 9.18 Å². The molecule has 1 unspecified atom stereocenters. The number of nitrogens with zero attached hydrogens (tertiary/aromatic N) is 1. The molecule has 2 N–H and O–H groups in total. The predicted octanol–water partition coefficient (Wildman–Crippen LogP) is 3.01. The minimum absolute atomic E-state index is 0.305. The van der Waals surface area contributed by atoms with Crippen molar-refractivity contribution in [2.24, 2.45) is 0 Å². The van der Waals surface area contributed by atoms with Crippen LogP contribution in [0.1, 0.15) is 38.7 Å². The van der Waals surface area contributed by atoms with E-state index in [0.29, 0.717) is 6.54 Å². The van der Waals surface area contributed by atoms with E-state index in [1.165, 1.54) is 12.1 Å². The number of unbranched alkanes of at least 4 members (excludes halogenated alkanes) is 2. The van der Waals surface area contributed by atoms with Crippen molar-refractivity contribution < 1.29 is 14.3 Å². The Morgan fingerprint density at radius 2 is 2.14 bits per heavy atom. The fourth-order valence-corrected chi connectivity index (χ4v) is 2.14. The number of rotatable bonds is 9. The molecule has 0 aliphatic rings. The molecule has 0 saturated carbocycles. The Kier molecular flexibility index (Phi) is 7.15. The summed E-state index contributed by atoms with van der Waals surface area (Å²) in [6, 6.07) is 4.00. The largest absolute Gasteiger partial charge is 0.480 e. The van der Waals surface area contributed by atoms with Crippen LogP contribution >= 0.6 is 0 Å². The van der Waals surface area contributed by atoms with E-state index in [2.05, 4.69) is 17.1 Å². The van der Waals surface area contributed by atoms with Crippen LogP contribution < -0.4 is 10.2 Å². The Morgan fingerprint density at radius 3 is 2.76 bits per heavy atom. The van der Waals surface area contributed by atoms with E-state index in [1.807, 2.05) is 7.05 Å². The normalized spacial score (nSPS) is 12.2. The molecule has 1 rings (SSSR count). The summed E-state index contributed by atoms with van der Waals surface area (Å²) in [5.74, 6) is -1.22. The van der Waals surface area contributed by atoms with Gasteiger partial charge in [-0.05, 0) is 37.1 Å². The topological polar surface area (TPSA) is 52.6 Å². The summed E-state index contributed by atoms with van der Waals surface area (Å²) in [7, 11) is 1.98. The Morgan fingerprint density at radius 1 is 1.43 bits per heavy atom. The highest BCUT2D eigenvalue weighted by Gasteiger charge is 2.13. The van der Waals surface area contributed by atoms with Gasteiger partial charge in [0.1, 0.15) is 11.9 Å². The second kappa shape index (κ2) is 8.62. The second-order valence-electron chi connectivity index (χ2n) is 5.34. The molecule has 0 aliphatic carbocycles. The lowest BCUT2D eigenvalue weighted by molar-refractivity contribution is -0.139. The van der Waals surface area contributed by atoms with Crippen LogP contribution in [-0.2, 0) is 11.3 Å². The van der Waals surface area contributed by atoms with Gasteiger partial charge in [0.25, 0.3) is 0 Å². The Hall–Kier alpha value is -1.62. The first-order valence-corrected chi connectivity index (χ1v) is 7.41. The van der Waals surface area contributed by atoms with E-state index in [1.54, 1.807) is 13.0 Å². The molecule has 0 bridgehead atoms. The molecular weight excluding hydrogens is 271 g/mol. The fourth-order valence-electron chi connectivity index (χ4n) is 2.14. The quantitative estimate of drug-likeness (QED) is 0.688. The van der Waals surface area contributed by atoms with Crippen molar-refractivity contribution in [1.82, 2.24) is 5.32 Å². The molecule has 1 aromatic carbocycles. The van der Waals surface area contributed by atoms with Crippen LogP contribution in [0.2, 0.25) is 0 Å². The van der Waals surface area contributed by atoms with Crippen LogP contribution in [0.4, 0.5) is 10.1 Å². The van der Waals surface area contributed by atoms with Crippen molar-refractivity contribution in [2.75, 3.05) is 18.5 Å². The van der Waals surface area contributed by atoms with Crippen LogP contribution in [0, 0.1) is 5.82 Å². The van der Waals surface area contributed by atoms with Crippen LogP contribution in [0.15, 0.2) is 18.2 Å². The predicted molar refractivity (Wildman–Crippen MR) is 83.1 cm³/mol. The third kappa shape index (κ3) is 5.71. The van der Waals surface area contributed by atoms with Crippen LogP contribution in [0.5, 0.6) is 0 Å².